The Morgan fingerprint density at radius 1 is 0.384 bits per heavy atom. The monoisotopic (exact) mass is 1240 g/mol. The second kappa shape index (κ2) is 68.6. The van der Waals surface area contributed by atoms with Gasteiger partial charge in [0.15, 0.2) is 0 Å². The summed E-state index contributed by atoms with van der Waals surface area (Å²) in [6, 6.07) is -0.844. The van der Waals surface area contributed by atoms with Crippen LogP contribution in [0.2, 0.25) is 0 Å². The Labute approximate surface area is 539 Å². The average molecular weight is 1240 g/mol. The Morgan fingerprint density at radius 3 is 0.860 bits per heavy atom. The van der Waals surface area contributed by atoms with E-state index in [1.165, 1.54) is 372 Å². The number of amides is 1. The number of aliphatic hydroxyl groups excluding tert-OH is 1. The molecule has 0 radical (unpaired) electrons. The molecule has 0 spiro atoms. The van der Waals surface area contributed by atoms with E-state index in [-0.39, 0.29) is 19.1 Å². The molecule has 8 nitrogen and oxygen atoms in total. The Balaban J connectivity index is 3.91. The van der Waals surface area contributed by atoms with Crippen LogP contribution in [-0.4, -0.2) is 73.4 Å². The Kier molecular flexibility index (Phi) is 68.0. The quantitative estimate of drug-likeness (QED) is 0.0243. The van der Waals surface area contributed by atoms with Gasteiger partial charge in [-0.05, 0) is 19.3 Å². The van der Waals surface area contributed by atoms with Crippen molar-refractivity contribution in [3.63, 3.8) is 0 Å². The van der Waals surface area contributed by atoms with E-state index in [9.17, 15) is 19.4 Å². The zero-order chi connectivity index (χ0) is 62.6. The molecule has 0 saturated carbocycles. The highest BCUT2D eigenvalue weighted by atomic mass is 31.2. The summed E-state index contributed by atoms with van der Waals surface area (Å²) < 4.78 is 23.9. The predicted octanol–water partition coefficient (Wildman–Crippen LogP) is 25.2. The predicted molar refractivity (Wildman–Crippen MR) is 379 cm³/mol. The van der Waals surface area contributed by atoms with Crippen molar-refractivity contribution >= 4 is 13.7 Å². The molecule has 0 heterocycles. The maximum atomic E-state index is 13.1. The summed E-state index contributed by atoms with van der Waals surface area (Å²) in [5.74, 6) is -0.166. The number of carbonyl (C=O) groups excluding carboxylic acids is 1. The van der Waals surface area contributed by atoms with Crippen LogP contribution in [-0.2, 0) is 18.4 Å². The lowest BCUT2D eigenvalue weighted by atomic mass is 10.0. The number of quaternary nitrogens is 1. The Morgan fingerprint density at radius 2 is 0.616 bits per heavy atom. The summed E-state index contributed by atoms with van der Waals surface area (Å²) in [6.45, 7) is 4.90. The number of phosphoric ester groups is 1. The smallest absolute Gasteiger partial charge is 0.387 e. The van der Waals surface area contributed by atoms with E-state index in [1.807, 2.05) is 27.2 Å². The molecule has 3 atom stereocenters. The van der Waals surface area contributed by atoms with E-state index in [4.69, 9.17) is 9.05 Å². The number of likely N-dealkylation sites (N-methyl/N-ethyl adjacent to an activating group) is 1. The molecule has 86 heavy (non-hydrogen) atoms. The number of unbranched alkanes of at least 4 members (excludes halogenated alkanes) is 61. The fourth-order valence-electron chi connectivity index (χ4n) is 12.5. The number of allylic oxidation sites excluding steroid dienone is 1. The largest absolute Gasteiger partial charge is 0.472 e. The number of rotatable bonds is 74. The standard InChI is InChI=1S/C77H155N2O6P/c1-6-8-10-12-14-16-18-20-22-24-26-28-30-32-34-35-36-37-38-39-40-41-42-43-44-45-47-49-51-53-55-57-59-61-63-65-67-69-71-77(81)78-75(74-85-86(82,83)84-73-72-79(3,4)5)76(80)70-68-66-64-62-60-58-56-54-52-50-48-46-33-31-29-27-25-23-21-19-17-15-13-11-9-7-2/h68,70,75-76,80H,6-67,69,71-74H2,1-5H3,(H-,78,81,82,83)/p+1/b70-68+. The zero-order valence-electron chi connectivity index (χ0n) is 59.1. The zero-order valence-corrected chi connectivity index (χ0v) is 60.0. The normalized spacial score (nSPS) is 13.5. The molecule has 1 amide bonds. The first-order valence-electron chi connectivity index (χ1n) is 39.1. The summed E-state index contributed by atoms with van der Waals surface area (Å²) >= 11 is 0. The van der Waals surface area contributed by atoms with Gasteiger partial charge in [0, 0.05) is 6.42 Å². The van der Waals surface area contributed by atoms with Gasteiger partial charge in [0.1, 0.15) is 13.2 Å². The second-order valence-electron chi connectivity index (χ2n) is 28.5. The van der Waals surface area contributed by atoms with Crippen molar-refractivity contribution in [1.82, 2.24) is 5.32 Å². The maximum Gasteiger partial charge on any atom is 0.472 e. The van der Waals surface area contributed by atoms with Crippen molar-refractivity contribution in [3.8, 4) is 0 Å². The summed E-state index contributed by atoms with van der Waals surface area (Å²) in [4.78, 5) is 23.5. The first-order chi connectivity index (χ1) is 42.0. The van der Waals surface area contributed by atoms with Gasteiger partial charge in [-0.3, -0.25) is 13.8 Å². The molecular formula is C77H156N2O6P+. The van der Waals surface area contributed by atoms with Crippen LogP contribution in [0.25, 0.3) is 0 Å². The van der Waals surface area contributed by atoms with Crippen LogP contribution in [0, 0.1) is 0 Å². The molecule has 514 valence electrons. The first kappa shape index (κ1) is 85.2. The highest BCUT2D eigenvalue weighted by molar-refractivity contribution is 7.47. The number of nitrogens with zero attached hydrogens (tertiary/aromatic N) is 1. The van der Waals surface area contributed by atoms with Crippen LogP contribution in [0.5, 0.6) is 0 Å². The molecule has 0 saturated heterocycles. The van der Waals surface area contributed by atoms with Gasteiger partial charge < -0.3 is 19.8 Å². The van der Waals surface area contributed by atoms with Crippen LogP contribution in [0.15, 0.2) is 12.2 Å². The molecule has 0 aromatic carbocycles. The third-order valence-corrected chi connectivity index (χ3v) is 19.5. The molecule has 0 aliphatic heterocycles. The van der Waals surface area contributed by atoms with Gasteiger partial charge in [-0.15, -0.1) is 0 Å². The van der Waals surface area contributed by atoms with E-state index in [0.717, 1.165) is 32.1 Å². The fourth-order valence-corrected chi connectivity index (χ4v) is 13.2. The number of phosphoric acid groups is 1. The molecule has 0 aliphatic carbocycles. The molecular weight excluding hydrogens is 1080 g/mol. The van der Waals surface area contributed by atoms with Gasteiger partial charge in [-0.2, -0.15) is 0 Å². The second-order valence-corrected chi connectivity index (χ2v) is 29.9. The Hall–Kier alpha value is -0.760. The highest BCUT2D eigenvalue weighted by Crippen LogP contribution is 2.43. The minimum absolute atomic E-state index is 0.0656. The van der Waals surface area contributed by atoms with Crippen molar-refractivity contribution in [1.29, 1.82) is 0 Å². The van der Waals surface area contributed by atoms with Crippen LogP contribution in [0.4, 0.5) is 0 Å². The van der Waals surface area contributed by atoms with Gasteiger partial charge >= 0.3 is 7.82 Å². The number of hydrogen-bond donors (Lipinski definition) is 3. The summed E-state index contributed by atoms with van der Waals surface area (Å²) in [7, 11) is 1.60. The number of aliphatic hydroxyl groups is 1. The Bertz CT molecular complexity index is 1410. The van der Waals surface area contributed by atoms with Crippen LogP contribution in [0.1, 0.15) is 425 Å². The van der Waals surface area contributed by atoms with Gasteiger partial charge in [0.2, 0.25) is 5.91 Å². The van der Waals surface area contributed by atoms with Crippen molar-refractivity contribution < 1.29 is 32.9 Å². The van der Waals surface area contributed by atoms with Gasteiger partial charge in [0.25, 0.3) is 0 Å². The number of hydrogen-bond acceptors (Lipinski definition) is 5. The van der Waals surface area contributed by atoms with Crippen LogP contribution in [0.3, 0.4) is 0 Å². The van der Waals surface area contributed by atoms with E-state index in [1.54, 1.807) is 6.08 Å². The molecule has 0 fully saturated rings. The van der Waals surface area contributed by atoms with E-state index < -0.39 is 20.0 Å². The van der Waals surface area contributed by atoms with Crippen LogP contribution >= 0.6 is 7.82 Å². The highest BCUT2D eigenvalue weighted by Gasteiger charge is 2.28. The average Bonchev–Trinajstić information content (AvgIpc) is 3.70. The lowest BCUT2D eigenvalue weighted by Crippen LogP contribution is -2.45. The van der Waals surface area contributed by atoms with E-state index in [0.29, 0.717) is 17.4 Å². The first-order valence-corrected chi connectivity index (χ1v) is 40.6. The molecule has 0 bridgehead atoms. The van der Waals surface area contributed by atoms with E-state index in [2.05, 4.69) is 19.2 Å². The van der Waals surface area contributed by atoms with Crippen LogP contribution < -0.4 is 5.32 Å². The van der Waals surface area contributed by atoms with Gasteiger partial charge in [-0.1, -0.05) is 411 Å². The van der Waals surface area contributed by atoms with Crippen molar-refractivity contribution in [2.45, 2.75) is 437 Å². The molecule has 3 N–H and O–H groups in total. The number of nitrogens with one attached hydrogen (secondary N) is 1. The van der Waals surface area contributed by atoms with Crippen molar-refractivity contribution in [2.24, 2.45) is 0 Å². The summed E-state index contributed by atoms with van der Waals surface area (Å²) in [5.41, 5.74) is 0. The SMILES string of the molecule is CCCCCCCCCCCCCCCCCCCCCCCCCC/C=C/C(O)C(COP(=O)(O)OCC[N+](C)(C)C)NC(=O)CCCCCCCCCCCCCCCCCCCCCCCCCCCCCCCCCCCCCCCC. The van der Waals surface area contributed by atoms with Crippen molar-refractivity contribution in [3.05, 3.63) is 12.2 Å². The van der Waals surface area contributed by atoms with Gasteiger partial charge in [0.05, 0.1) is 39.9 Å². The summed E-state index contributed by atoms with van der Waals surface area (Å²) in [5, 5.41) is 14.0. The lowest BCUT2D eigenvalue weighted by Gasteiger charge is -2.25. The molecule has 9 heteroatoms. The third-order valence-electron chi connectivity index (χ3n) is 18.5. The third kappa shape index (κ3) is 70.7. The van der Waals surface area contributed by atoms with Gasteiger partial charge in [-0.25, -0.2) is 4.57 Å². The maximum absolute atomic E-state index is 13.1. The van der Waals surface area contributed by atoms with Crippen molar-refractivity contribution in [2.75, 3.05) is 40.9 Å². The molecule has 0 aliphatic rings. The topological polar surface area (TPSA) is 105 Å². The molecule has 0 rings (SSSR count). The number of carbonyl (C=O) groups is 1. The minimum Gasteiger partial charge on any atom is -0.387 e. The van der Waals surface area contributed by atoms with E-state index >= 15 is 0 Å². The molecule has 3 unspecified atom stereocenters. The minimum atomic E-state index is -4.35. The fraction of sp³-hybridized carbons (Fsp3) is 0.961. The molecule has 0 aromatic rings. The molecule has 0 aromatic heterocycles. The lowest BCUT2D eigenvalue weighted by molar-refractivity contribution is -0.870. The summed E-state index contributed by atoms with van der Waals surface area (Å²) in [6.07, 6.45) is 89.8.